The number of rotatable bonds is 11. The first-order valence-electron chi connectivity index (χ1n) is 12.4. The summed E-state index contributed by atoms with van der Waals surface area (Å²) in [5.41, 5.74) is 2.28. The Kier molecular flexibility index (Phi) is 8.41. The zero-order valence-corrected chi connectivity index (χ0v) is 20.9. The quantitative estimate of drug-likeness (QED) is 0.159. The fraction of sp³-hybridized carbons (Fsp3) is 0.226. The lowest BCUT2D eigenvalue weighted by atomic mass is 9.95. The van der Waals surface area contributed by atoms with E-state index in [1.54, 1.807) is 47.4 Å². The fourth-order valence-electron chi connectivity index (χ4n) is 4.34. The molecule has 4 rings (SSSR count). The molecule has 0 bridgehead atoms. The molecule has 1 heterocycles. The Morgan fingerprint density at radius 2 is 1.59 bits per heavy atom. The average Bonchev–Trinajstić information content (AvgIpc) is 3.19. The molecule has 37 heavy (non-hydrogen) atoms. The Hall–Kier alpha value is -4.32. The molecule has 3 aromatic carbocycles. The van der Waals surface area contributed by atoms with Crippen molar-refractivity contribution in [2.75, 3.05) is 19.8 Å². The number of aliphatic hydroxyl groups excluding tert-OH is 1. The van der Waals surface area contributed by atoms with Gasteiger partial charge in [-0.2, -0.15) is 0 Å². The first-order valence-corrected chi connectivity index (χ1v) is 12.4. The Morgan fingerprint density at radius 3 is 2.24 bits per heavy atom. The SMILES string of the molecule is C=CCOc1ccc(C2/C(=C(\O)c3ccc(OCCC)cc3)C(=O)C(=O)N2CCc2ccccc2)cc1. The Labute approximate surface area is 217 Å². The maximum Gasteiger partial charge on any atom is 0.295 e. The zero-order chi connectivity index (χ0) is 26.2. The standard InChI is InChI=1S/C31H31NO5/c1-3-20-36-25-14-10-23(11-15-25)28-27(29(33)24-12-16-26(17-13-24)37-21-4-2)30(34)31(35)32(28)19-18-22-8-6-5-7-9-22/h3,5-17,28,33H,1,4,18-21H2,2H3/b29-27+. The number of likely N-dealkylation sites (tertiary alicyclic amines) is 1. The monoisotopic (exact) mass is 497 g/mol. The predicted molar refractivity (Wildman–Crippen MR) is 144 cm³/mol. The molecular weight excluding hydrogens is 466 g/mol. The number of amides is 1. The van der Waals surface area contributed by atoms with Crippen molar-refractivity contribution in [3.63, 3.8) is 0 Å². The van der Waals surface area contributed by atoms with Crippen LogP contribution in [0.5, 0.6) is 11.5 Å². The van der Waals surface area contributed by atoms with Gasteiger partial charge in [0.15, 0.2) is 0 Å². The van der Waals surface area contributed by atoms with Crippen LogP contribution in [-0.4, -0.2) is 41.5 Å². The van der Waals surface area contributed by atoms with Gasteiger partial charge in [0, 0.05) is 12.1 Å². The van der Waals surface area contributed by atoms with Gasteiger partial charge in [0.2, 0.25) is 0 Å². The third kappa shape index (κ3) is 5.92. The maximum atomic E-state index is 13.3. The minimum absolute atomic E-state index is 0.0695. The van der Waals surface area contributed by atoms with Gasteiger partial charge >= 0.3 is 0 Å². The van der Waals surface area contributed by atoms with E-state index < -0.39 is 17.7 Å². The Balaban J connectivity index is 1.71. The predicted octanol–water partition coefficient (Wildman–Crippen LogP) is 5.70. The fourth-order valence-corrected chi connectivity index (χ4v) is 4.34. The van der Waals surface area contributed by atoms with Gasteiger partial charge in [-0.05, 0) is 60.4 Å². The third-order valence-electron chi connectivity index (χ3n) is 6.19. The molecule has 1 atom stereocenters. The molecule has 0 aromatic heterocycles. The van der Waals surface area contributed by atoms with Gasteiger partial charge < -0.3 is 19.5 Å². The lowest BCUT2D eigenvalue weighted by molar-refractivity contribution is -0.139. The van der Waals surface area contributed by atoms with E-state index in [2.05, 4.69) is 6.58 Å². The van der Waals surface area contributed by atoms with E-state index in [9.17, 15) is 14.7 Å². The van der Waals surface area contributed by atoms with Crippen LogP contribution in [0, 0.1) is 0 Å². The van der Waals surface area contributed by atoms with Crippen molar-refractivity contribution in [3.05, 3.63) is 114 Å². The van der Waals surface area contributed by atoms with Crippen molar-refractivity contribution >= 4 is 17.4 Å². The molecule has 1 saturated heterocycles. The van der Waals surface area contributed by atoms with Crippen molar-refractivity contribution in [1.29, 1.82) is 0 Å². The summed E-state index contributed by atoms with van der Waals surface area (Å²) in [4.78, 5) is 28.0. The van der Waals surface area contributed by atoms with Gasteiger partial charge in [0.25, 0.3) is 11.7 Å². The van der Waals surface area contributed by atoms with Crippen LogP contribution in [0.25, 0.3) is 5.76 Å². The normalized spacial score (nSPS) is 16.6. The summed E-state index contributed by atoms with van der Waals surface area (Å²) in [7, 11) is 0. The minimum Gasteiger partial charge on any atom is -0.507 e. The summed E-state index contributed by atoms with van der Waals surface area (Å²) in [6.07, 6.45) is 3.12. The van der Waals surface area contributed by atoms with Crippen molar-refractivity contribution < 1.29 is 24.2 Å². The van der Waals surface area contributed by atoms with Crippen LogP contribution < -0.4 is 9.47 Å². The summed E-state index contributed by atoms with van der Waals surface area (Å²) in [6, 6.07) is 23.2. The summed E-state index contributed by atoms with van der Waals surface area (Å²) in [5, 5.41) is 11.3. The van der Waals surface area contributed by atoms with E-state index >= 15 is 0 Å². The van der Waals surface area contributed by atoms with Crippen LogP contribution in [0.4, 0.5) is 0 Å². The van der Waals surface area contributed by atoms with E-state index in [1.807, 2.05) is 49.4 Å². The van der Waals surface area contributed by atoms with E-state index in [0.717, 1.165) is 12.0 Å². The zero-order valence-electron chi connectivity index (χ0n) is 20.9. The molecule has 1 aliphatic heterocycles. The first-order chi connectivity index (χ1) is 18.0. The number of hydrogen-bond donors (Lipinski definition) is 1. The summed E-state index contributed by atoms with van der Waals surface area (Å²) < 4.78 is 11.2. The van der Waals surface area contributed by atoms with Crippen LogP contribution in [0.1, 0.15) is 36.1 Å². The number of carbonyl (C=O) groups excluding carboxylic acids is 2. The van der Waals surface area contributed by atoms with Gasteiger partial charge in [-0.3, -0.25) is 9.59 Å². The number of ether oxygens (including phenoxy) is 2. The van der Waals surface area contributed by atoms with Crippen LogP contribution in [-0.2, 0) is 16.0 Å². The molecule has 1 aliphatic rings. The van der Waals surface area contributed by atoms with E-state index in [1.165, 1.54) is 0 Å². The number of carbonyl (C=O) groups is 2. The third-order valence-corrected chi connectivity index (χ3v) is 6.19. The smallest absolute Gasteiger partial charge is 0.295 e. The highest BCUT2D eigenvalue weighted by Crippen LogP contribution is 2.40. The molecule has 0 saturated carbocycles. The number of Topliss-reactive ketones (excluding diaryl/α,β-unsaturated/α-hetero) is 1. The molecule has 1 fully saturated rings. The van der Waals surface area contributed by atoms with Crippen LogP contribution >= 0.6 is 0 Å². The molecule has 1 N–H and O–H groups in total. The molecule has 0 radical (unpaired) electrons. The number of nitrogens with zero attached hydrogens (tertiary/aromatic N) is 1. The summed E-state index contributed by atoms with van der Waals surface area (Å²) in [5.74, 6) is -0.216. The van der Waals surface area contributed by atoms with Crippen molar-refractivity contribution in [3.8, 4) is 11.5 Å². The number of benzene rings is 3. The molecule has 1 amide bonds. The average molecular weight is 498 g/mol. The van der Waals surface area contributed by atoms with E-state index in [4.69, 9.17) is 9.47 Å². The van der Waals surface area contributed by atoms with Gasteiger partial charge in [0.05, 0.1) is 18.2 Å². The highest BCUT2D eigenvalue weighted by molar-refractivity contribution is 6.46. The van der Waals surface area contributed by atoms with Crippen LogP contribution in [0.15, 0.2) is 97.1 Å². The molecule has 3 aromatic rings. The molecule has 0 aliphatic carbocycles. The largest absolute Gasteiger partial charge is 0.507 e. The molecule has 190 valence electrons. The van der Waals surface area contributed by atoms with Crippen molar-refractivity contribution in [2.24, 2.45) is 0 Å². The second-order valence-corrected chi connectivity index (χ2v) is 8.77. The van der Waals surface area contributed by atoms with Crippen molar-refractivity contribution in [1.82, 2.24) is 4.90 Å². The Morgan fingerprint density at radius 1 is 0.946 bits per heavy atom. The van der Waals surface area contributed by atoms with E-state index in [0.29, 0.717) is 48.8 Å². The second kappa shape index (κ2) is 12.1. The van der Waals surface area contributed by atoms with E-state index in [-0.39, 0.29) is 11.3 Å². The van der Waals surface area contributed by atoms with Gasteiger partial charge in [-0.1, -0.05) is 62.0 Å². The second-order valence-electron chi connectivity index (χ2n) is 8.77. The van der Waals surface area contributed by atoms with Gasteiger partial charge in [0.1, 0.15) is 23.9 Å². The maximum absolute atomic E-state index is 13.3. The molecule has 6 nitrogen and oxygen atoms in total. The molecular formula is C31H31NO5. The van der Waals surface area contributed by atoms with Gasteiger partial charge in [-0.25, -0.2) is 0 Å². The number of aliphatic hydroxyl groups is 1. The minimum atomic E-state index is -0.729. The first kappa shape index (κ1) is 25.8. The van der Waals surface area contributed by atoms with Crippen LogP contribution in [0.3, 0.4) is 0 Å². The number of ketones is 1. The summed E-state index contributed by atoms with van der Waals surface area (Å²) >= 11 is 0. The lowest BCUT2D eigenvalue weighted by Crippen LogP contribution is -2.31. The lowest BCUT2D eigenvalue weighted by Gasteiger charge is -2.25. The highest BCUT2D eigenvalue weighted by atomic mass is 16.5. The topological polar surface area (TPSA) is 76.1 Å². The molecule has 6 heteroatoms. The molecule has 0 spiro atoms. The number of hydrogen-bond acceptors (Lipinski definition) is 5. The van der Waals surface area contributed by atoms with Crippen LogP contribution in [0.2, 0.25) is 0 Å². The van der Waals surface area contributed by atoms with Gasteiger partial charge in [-0.15, -0.1) is 0 Å². The Bertz CT molecular complexity index is 1260. The highest BCUT2D eigenvalue weighted by Gasteiger charge is 2.45. The molecule has 1 unspecified atom stereocenters. The van der Waals surface area contributed by atoms with Crippen molar-refractivity contribution in [2.45, 2.75) is 25.8 Å². The summed E-state index contributed by atoms with van der Waals surface area (Å²) in [6.45, 7) is 6.96.